The molecule has 2 aromatic rings. The number of imidazole rings is 1. The van der Waals surface area contributed by atoms with Gasteiger partial charge in [-0.1, -0.05) is 6.07 Å². The van der Waals surface area contributed by atoms with E-state index in [-0.39, 0.29) is 5.56 Å². The number of aromatic nitrogens is 2. The van der Waals surface area contributed by atoms with E-state index >= 15 is 0 Å². The summed E-state index contributed by atoms with van der Waals surface area (Å²) in [5.74, 6) is -1.43. The van der Waals surface area contributed by atoms with Crippen LogP contribution in [0, 0.1) is 11.6 Å². The summed E-state index contributed by atoms with van der Waals surface area (Å²) in [6.07, 6.45) is 1.88. The quantitative estimate of drug-likeness (QED) is 0.890. The van der Waals surface area contributed by atoms with E-state index in [1.54, 1.807) is 10.9 Å². The second kappa shape index (κ2) is 4.63. The van der Waals surface area contributed by atoms with Gasteiger partial charge in [0.05, 0.1) is 18.2 Å². The first kappa shape index (κ1) is 11.7. The van der Waals surface area contributed by atoms with Gasteiger partial charge in [-0.3, -0.25) is 0 Å². The van der Waals surface area contributed by atoms with Gasteiger partial charge in [-0.05, 0) is 13.0 Å². The first-order chi connectivity index (χ1) is 8.13. The van der Waals surface area contributed by atoms with E-state index < -0.39 is 17.7 Å². The Bertz CT molecular complexity index is 525. The van der Waals surface area contributed by atoms with E-state index in [9.17, 15) is 13.9 Å². The second-order valence-electron chi connectivity index (χ2n) is 3.67. The van der Waals surface area contributed by atoms with Crippen molar-refractivity contribution in [2.75, 3.05) is 0 Å². The van der Waals surface area contributed by atoms with Crippen molar-refractivity contribution >= 4 is 0 Å². The molecular formula is C12H12F2N2O. The van der Waals surface area contributed by atoms with E-state index in [1.165, 1.54) is 12.3 Å². The van der Waals surface area contributed by atoms with Crippen LogP contribution in [-0.4, -0.2) is 14.7 Å². The maximum atomic E-state index is 13.5. The fourth-order valence-electron chi connectivity index (χ4n) is 1.71. The van der Waals surface area contributed by atoms with Gasteiger partial charge >= 0.3 is 0 Å². The van der Waals surface area contributed by atoms with Gasteiger partial charge < -0.3 is 9.67 Å². The molecule has 1 atom stereocenters. The molecule has 1 heterocycles. The van der Waals surface area contributed by atoms with Gasteiger partial charge in [-0.15, -0.1) is 0 Å². The lowest BCUT2D eigenvalue weighted by atomic mass is 10.1. The molecule has 1 aromatic heterocycles. The summed E-state index contributed by atoms with van der Waals surface area (Å²) in [4.78, 5) is 3.89. The van der Waals surface area contributed by atoms with Crippen LogP contribution in [0.3, 0.4) is 0 Å². The average Bonchev–Trinajstić information content (AvgIpc) is 2.76. The van der Waals surface area contributed by atoms with Crippen molar-refractivity contribution in [2.24, 2.45) is 0 Å². The molecule has 0 spiro atoms. The molecule has 0 radical (unpaired) electrons. The van der Waals surface area contributed by atoms with Crippen molar-refractivity contribution in [3.8, 4) is 0 Å². The number of benzene rings is 1. The highest BCUT2D eigenvalue weighted by molar-refractivity contribution is 5.27. The topological polar surface area (TPSA) is 38.0 Å². The van der Waals surface area contributed by atoms with Crippen LogP contribution < -0.4 is 0 Å². The lowest BCUT2D eigenvalue weighted by Gasteiger charge is -2.13. The van der Waals surface area contributed by atoms with Gasteiger partial charge in [0.15, 0.2) is 0 Å². The van der Waals surface area contributed by atoms with E-state index in [4.69, 9.17) is 0 Å². The first-order valence-corrected chi connectivity index (χ1v) is 5.26. The standard InChI is InChI=1S/C12H12F2N2O/c1-2-16-7-15-6-11(16)12(17)9-4-3-8(13)5-10(9)14/h3-7,12,17H,2H2,1H3. The first-order valence-electron chi connectivity index (χ1n) is 5.26. The second-order valence-corrected chi connectivity index (χ2v) is 3.67. The molecule has 17 heavy (non-hydrogen) atoms. The highest BCUT2D eigenvalue weighted by Crippen LogP contribution is 2.24. The molecule has 0 aliphatic rings. The van der Waals surface area contributed by atoms with Gasteiger partial charge in [-0.25, -0.2) is 13.8 Å². The van der Waals surface area contributed by atoms with Crippen LogP contribution in [0.15, 0.2) is 30.7 Å². The molecule has 0 amide bonds. The monoisotopic (exact) mass is 238 g/mol. The predicted octanol–water partition coefficient (Wildman–Crippen LogP) is 2.26. The zero-order valence-corrected chi connectivity index (χ0v) is 9.27. The summed E-state index contributed by atoms with van der Waals surface area (Å²) in [5, 5.41) is 10.0. The number of aliphatic hydroxyl groups excluding tert-OH is 1. The van der Waals surface area contributed by atoms with Crippen molar-refractivity contribution in [3.63, 3.8) is 0 Å². The van der Waals surface area contributed by atoms with Gasteiger partial charge in [0.1, 0.15) is 17.7 Å². The molecule has 0 aliphatic heterocycles. The van der Waals surface area contributed by atoms with Crippen LogP contribution in [0.2, 0.25) is 0 Å². The Morgan fingerprint density at radius 1 is 1.41 bits per heavy atom. The maximum Gasteiger partial charge on any atom is 0.132 e. The molecule has 0 saturated carbocycles. The van der Waals surface area contributed by atoms with Crippen LogP contribution >= 0.6 is 0 Å². The van der Waals surface area contributed by atoms with Gasteiger partial charge in [0.2, 0.25) is 0 Å². The minimum Gasteiger partial charge on any atom is -0.382 e. The SMILES string of the molecule is CCn1cncc1C(O)c1ccc(F)cc1F. The Kier molecular flexibility index (Phi) is 3.19. The third-order valence-corrected chi connectivity index (χ3v) is 2.62. The number of aryl methyl sites for hydroxylation is 1. The van der Waals surface area contributed by atoms with Crippen molar-refractivity contribution in [3.05, 3.63) is 53.6 Å². The van der Waals surface area contributed by atoms with Crippen LogP contribution in [0.1, 0.15) is 24.3 Å². The molecular weight excluding hydrogens is 226 g/mol. The third kappa shape index (κ3) is 2.19. The van der Waals surface area contributed by atoms with E-state index in [0.29, 0.717) is 12.2 Å². The van der Waals surface area contributed by atoms with Crippen LogP contribution in [0.25, 0.3) is 0 Å². The van der Waals surface area contributed by atoms with E-state index in [0.717, 1.165) is 12.1 Å². The molecule has 3 nitrogen and oxygen atoms in total. The number of hydrogen-bond donors (Lipinski definition) is 1. The molecule has 1 unspecified atom stereocenters. The zero-order chi connectivity index (χ0) is 12.4. The molecule has 0 aliphatic carbocycles. The Morgan fingerprint density at radius 2 is 2.18 bits per heavy atom. The molecule has 0 bridgehead atoms. The van der Waals surface area contributed by atoms with Crippen molar-refractivity contribution in [1.82, 2.24) is 9.55 Å². The molecule has 0 fully saturated rings. The van der Waals surface area contributed by atoms with Crippen molar-refractivity contribution in [1.29, 1.82) is 0 Å². The Morgan fingerprint density at radius 3 is 2.82 bits per heavy atom. The summed E-state index contributed by atoms with van der Waals surface area (Å²) in [6, 6.07) is 3.11. The minimum atomic E-state index is -1.14. The number of rotatable bonds is 3. The van der Waals surface area contributed by atoms with Gasteiger partial charge in [0, 0.05) is 18.2 Å². The molecule has 1 aromatic carbocycles. The minimum absolute atomic E-state index is 0.0431. The van der Waals surface area contributed by atoms with Crippen LogP contribution in [0.4, 0.5) is 8.78 Å². The Balaban J connectivity index is 2.40. The van der Waals surface area contributed by atoms with Gasteiger partial charge in [0.25, 0.3) is 0 Å². The Labute approximate surface area is 97.3 Å². The maximum absolute atomic E-state index is 13.5. The number of aliphatic hydroxyl groups is 1. The van der Waals surface area contributed by atoms with Crippen molar-refractivity contribution < 1.29 is 13.9 Å². The number of hydrogen-bond acceptors (Lipinski definition) is 2. The highest BCUT2D eigenvalue weighted by atomic mass is 19.1. The van der Waals surface area contributed by atoms with Crippen LogP contribution in [0.5, 0.6) is 0 Å². The van der Waals surface area contributed by atoms with E-state index in [1.807, 2.05) is 6.92 Å². The molecule has 5 heteroatoms. The normalized spacial score (nSPS) is 12.7. The van der Waals surface area contributed by atoms with Crippen molar-refractivity contribution in [2.45, 2.75) is 19.6 Å². The summed E-state index contributed by atoms with van der Waals surface area (Å²) < 4.78 is 28.0. The zero-order valence-electron chi connectivity index (χ0n) is 9.27. The summed E-state index contributed by atoms with van der Waals surface area (Å²) >= 11 is 0. The fourth-order valence-corrected chi connectivity index (χ4v) is 1.71. The lowest BCUT2D eigenvalue weighted by molar-refractivity contribution is 0.205. The van der Waals surface area contributed by atoms with Crippen LogP contribution in [-0.2, 0) is 6.54 Å². The summed E-state index contributed by atoms with van der Waals surface area (Å²) in [7, 11) is 0. The lowest BCUT2D eigenvalue weighted by Crippen LogP contribution is -2.09. The largest absolute Gasteiger partial charge is 0.382 e. The van der Waals surface area contributed by atoms with Gasteiger partial charge in [-0.2, -0.15) is 0 Å². The molecule has 0 saturated heterocycles. The molecule has 1 N–H and O–H groups in total. The summed E-state index contributed by atoms with van der Waals surface area (Å²) in [5.41, 5.74) is 0.527. The Hall–Kier alpha value is -1.75. The third-order valence-electron chi connectivity index (χ3n) is 2.62. The number of nitrogens with zero attached hydrogens (tertiary/aromatic N) is 2. The average molecular weight is 238 g/mol. The van der Waals surface area contributed by atoms with E-state index in [2.05, 4.69) is 4.98 Å². The summed E-state index contributed by atoms with van der Waals surface area (Å²) in [6.45, 7) is 2.51. The molecule has 2 rings (SSSR count). The fraction of sp³-hybridized carbons (Fsp3) is 0.250. The number of halogens is 2. The predicted molar refractivity (Wildman–Crippen MR) is 58.3 cm³/mol. The smallest absolute Gasteiger partial charge is 0.132 e. The highest BCUT2D eigenvalue weighted by Gasteiger charge is 2.18. The molecule has 90 valence electrons.